The Morgan fingerprint density at radius 2 is 2.20 bits per heavy atom. The molecule has 0 spiro atoms. The van der Waals surface area contributed by atoms with Gasteiger partial charge < -0.3 is 14.6 Å². The molecule has 5 heteroatoms. The number of rotatable bonds is 2. The maximum Gasteiger partial charge on any atom is 0.128 e. The fraction of sp³-hybridized carbons (Fsp3) is 0.267. The van der Waals surface area contributed by atoms with Crippen molar-refractivity contribution in [2.24, 2.45) is 0 Å². The molecule has 1 aliphatic heterocycles. The topological polar surface area (TPSA) is 51.6 Å². The van der Waals surface area contributed by atoms with Crippen molar-refractivity contribution in [1.82, 2.24) is 4.98 Å². The van der Waals surface area contributed by atoms with Crippen molar-refractivity contribution < 1.29 is 14.6 Å². The summed E-state index contributed by atoms with van der Waals surface area (Å²) in [6.45, 7) is 0. The van der Waals surface area contributed by atoms with Crippen LogP contribution in [0.5, 0.6) is 11.5 Å². The summed E-state index contributed by atoms with van der Waals surface area (Å²) in [5.41, 5.74) is 1.71. The van der Waals surface area contributed by atoms with Gasteiger partial charge in [-0.3, -0.25) is 4.98 Å². The SMILES string of the molecule is COc1ccc2c(c1)[C@@H](O)CC(c1cncc(Br)c1)O2. The van der Waals surface area contributed by atoms with Crippen molar-refractivity contribution in [2.45, 2.75) is 18.6 Å². The molecular weight excluding hydrogens is 322 g/mol. The molecule has 2 atom stereocenters. The van der Waals surface area contributed by atoms with Gasteiger partial charge in [-0.05, 0) is 40.2 Å². The molecule has 2 aromatic rings. The van der Waals surface area contributed by atoms with Gasteiger partial charge in [-0.2, -0.15) is 0 Å². The Hall–Kier alpha value is -1.59. The Morgan fingerprint density at radius 1 is 1.35 bits per heavy atom. The molecule has 0 fully saturated rings. The molecule has 2 heterocycles. The lowest BCUT2D eigenvalue weighted by atomic mass is 9.95. The number of benzene rings is 1. The quantitative estimate of drug-likeness (QED) is 0.913. The van der Waals surface area contributed by atoms with Crippen LogP contribution in [-0.2, 0) is 0 Å². The molecule has 0 saturated heterocycles. The first-order valence-electron chi connectivity index (χ1n) is 6.30. The van der Waals surface area contributed by atoms with Crippen molar-refractivity contribution in [1.29, 1.82) is 0 Å². The van der Waals surface area contributed by atoms with Crippen molar-refractivity contribution in [3.05, 3.63) is 52.3 Å². The average molecular weight is 336 g/mol. The van der Waals surface area contributed by atoms with Crippen LogP contribution in [0.15, 0.2) is 41.1 Å². The normalized spacial score (nSPS) is 20.9. The van der Waals surface area contributed by atoms with E-state index in [0.717, 1.165) is 15.6 Å². The van der Waals surface area contributed by atoms with E-state index in [9.17, 15) is 5.11 Å². The van der Waals surface area contributed by atoms with E-state index in [1.807, 2.05) is 24.3 Å². The number of pyridine rings is 1. The molecule has 1 aromatic heterocycles. The van der Waals surface area contributed by atoms with E-state index in [2.05, 4.69) is 20.9 Å². The molecule has 104 valence electrons. The van der Waals surface area contributed by atoms with Crippen molar-refractivity contribution >= 4 is 15.9 Å². The zero-order chi connectivity index (χ0) is 14.1. The molecule has 1 aliphatic rings. The highest BCUT2D eigenvalue weighted by Gasteiger charge is 2.28. The van der Waals surface area contributed by atoms with Gasteiger partial charge in [-0.25, -0.2) is 0 Å². The molecule has 3 rings (SSSR count). The van der Waals surface area contributed by atoms with Gasteiger partial charge in [0, 0.05) is 34.4 Å². The summed E-state index contributed by atoms with van der Waals surface area (Å²) in [5.74, 6) is 1.41. The van der Waals surface area contributed by atoms with E-state index in [1.165, 1.54) is 0 Å². The number of aromatic nitrogens is 1. The number of hydrogen-bond donors (Lipinski definition) is 1. The van der Waals surface area contributed by atoms with Crippen LogP contribution in [0.4, 0.5) is 0 Å². The maximum absolute atomic E-state index is 10.3. The second kappa shape index (κ2) is 5.42. The van der Waals surface area contributed by atoms with Gasteiger partial charge in [0.1, 0.15) is 17.6 Å². The summed E-state index contributed by atoms with van der Waals surface area (Å²) >= 11 is 3.40. The minimum atomic E-state index is -0.571. The number of halogens is 1. The standard InChI is InChI=1S/C15H14BrNO3/c1-19-11-2-3-14-12(5-11)13(18)6-15(20-14)9-4-10(16)8-17-7-9/h2-5,7-8,13,15,18H,6H2,1H3/t13-,15?/m0/s1. The fourth-order valence-electron chi connectivity index (χ4n) is 2.36. The predicted molar refractivity (Wildman–Crippen MR) is 77.9 cm³/mol. The highest BCUT2D eigenvalue weighted by atomic mass is 79.9. The van der Waals surface area contributed by atoms with Crippen LogP contribution < -0.4 is 9.47 Å². The Balaban J connectivity index is 1.93. The van der Waals surface area contributed by atoms with Crippen LogP contribution in [0.25, 0.3) is 0 Å². The van der Waals surface area contributed by atoms with E-state index < -0.39 is 6.10 Å². The number of ether oxygens (including phenoxy) is 2. The first-order valence-corrected chi connectivity index (χ1v) is 7.10. The van der Waals surface area contributed by atoms with Crippen LogP contribution in [-0.4, -0.2) is 17.2 Å². The third kappa shape index (κ3) is 2.51. The number of fused-ring (bicyclic) bond motifs is 1. The van der Waals surface area contributed by atoms with Gasteiger partial charge in [0.15, 0.2) is 0 Å². The monoisotopic (exact) mass is 335 g/mol. The summed E-state index contributed by atoms with van der Waals surface area (Å²) in [7, 11) is 1.60. The van der Waals surface area contributed by atoms with Gasteiger partial charge in [-0.15, -0.1) is 0 Å². The van der Waals surface area contributed by atoms with E-state index in [1.54, 1.807) is 19.5 Å². The molecule has 0 radical (unpaired) electrons. The summed E-state index contributed by atoms with van der Waals surface area (Å²) in [6.07, 6.45) is 3.21. The minimum absolute atomic E-state index is 0.198. The molecule has 1 aromatic carbocycles. The number of nitrogens with zero attached hydrogens (tertiary/aromatic N) is 1. The van der Waals surface area contributed by atoms with Gasteiger partial charge in [0.2, 0.25) is 0 Å². The fourth-order valence-corrected chi connectivity index (χ4v) is 2.74. The van der Waals surface area contributed by atoms with Crippen LogP contribution in [0.3, 0.4) is 0 Å². The van der Waals surface area contributed by atoms with Gasteiger partial charge in [0.25, 0.3) is 0 Å². The van der Waals surface area contributed by atoms with Gasteiger partial charge >= 0.3 is 0 Å². The molecule has 4 nitrogen and oxygen atoms in total. The molecule has 1 unspecified atom stereocenters. The van der Waals surface area contributed by atoms with E-state index in [-0.39, 0.29) is 6.10 Å². The Morgan fingerprint density at radius 3 is 2.95 bits per heavy atom. The summed E-state index contributed by atoms with van der Waals surface area (Å²) in [6, 6.07) is 7.43. The molecule has 20 heavy (non-hydrogen) atoms. The van der Waals surface area contributed by atoms with E-state index in [0.29, 0.717) is 17.9 Å². The summed E-state index contributed by atoms with van der Waals surface area (Å²) < 4.78 is 12.0. The van der Waals surface area contributed by atoms with Gasteiger partial charge in [-0.1, -0.05) is 0 Å². The first-order chi connectivity index (χ1) is 9.67. The molecular formula is C15H14BrNO3. The second-order valence-corrected chi connectivity index (χ2v) is 5.61. The van der Waals surface area contributed by atoms with Crippen molar-refractivity contribution in [3.8, 4) is 11.5 Å². The third-order valence-corrected chi connectivity index (χ3v) is 3.81. The van der Waals surface area contributed by atoms with Crippen LogP contribution in [0.2, 0.25) is 0 Å². The van der Waals surface area contributed by atoms with E-state index in [4.69, 9.17) is 9.47 Å². The molecule has 0 aliphatic carbocycles. The lowest BCUT2D eigenvalue weighted by Crippen LogP contribution is -2.19. The van der Waals surface area contributed by atoms with E-state index >= 15 is 0 Å². The number of hydrogen-bond acceptors (Lipinski definition) is 4. The number of aliphatic hydroxyl groups is 1. The minimum Gasteiger partial charge on any atom is -0.497 e. The molecule has 0 bridgehead atoms. The molecule has 0 saturated carbocycles. The Labute approximate surface area is 125 Å². The van der Waals surface area contributed by atoms with Crippen LogP contribution >= 0.6 is 15.9 Å². The lowest BCUT2D eigenvalue weighted by molar-refractivity contribution is 0.0653. The van der Waals surface area contributed by atoms with Crippen LogP contribution in [0.1, 0.15) is 29.8 Å². The second-order valence-electron chi connectivity index (χ2n) is 4.70. The Bertz CT molecular complexity index is 632. The lowest BCUT2D eigenvalue weighted by Gasteiger charge is -2.30. The van der Waals surface area contributed by atoms with Gasteiger partial charge in [0.05, 0.1) is 13.2 Å². The number of methoxy groups -OCH3 is 1. The summed E-state index contributed by atoms with van der Waals surface area (Å²) in [5, 5.41) is 10.3. The molecule has 0 amide bonds. The maximum atomic E-state index is 10.3. The van der Waals surface area contributed by atoms with Crippen molar-refractivity contribution in [3.63, 3.8) is 0 Å². The first kappa shape index (κ1) is 13.4. The van der Waals surface area contributed by atoms with Crippen LogP contribution in [0, 0.1) is 0 Å². The zero-order valence-corrected chi connectivity index (χ0v) is 12.5. The third-order valence-electron chi connectivity index (χ3n) is 3.38. The van der Waals surface area contributed by atoms with Crippen molar-refractivity contribution in [2.75, 3.05) is 7.11 Å². The molecule has 1 N–H and O–H groups in total. The predicted octanol–water partition coefficient (Wildman–Crippen LogP) is 3.41. The zero-order valence-electron chi connectivity index (χ0n) is 10.9. The number of aliphatic hydroxyl groups excluding tert-OH is 1. The Kier molecular flexibility index (Phi) is 3.63. The largest absolute Gasteiger partial charge is 0.497 e. The highest BCUT2D eigenvalue weighted by molar-refractivity contribution is 9.10. The summed E-state index contributed by atoms with van der Waals surface area (Å²) in [4.78, 5) is 4.14. The average Bonchev–Trinajstić information content (AvgIpc) is 2.47. The smallest absolute Gasteiger partial charge is 0.128 e. The highest BCUT2D eigenvalue weighted by Crippen LogP contribution is 2.42.